The number of aromatic nitrogens is 1. The minimum atomic E-state index is -0.0698. The first kappa shape index (κ1) is 16.4. The van der Waals surface area contributed by atoms with E-state index in [1.807, 2.05) is 0 Å². The van der Waals surface area contributed by atoms with E-state index in [1.54, 1.807) is 17.0 Å². The second kappa shape index (κ2) is 7.01. The molecular formula is C10H14Cl3N3O. The van der Waals surface area contributed by atoms with Crippen molar-refractivity contribution in [2.75, 3.05) is 13.1 Å². The number of halogens is 3. The molecule has 0 bridgehead atoms. The second-order valence-corrected chi connectivity index (χ2v) is 4.10. The van der Waals surface area contributed by atoms with E-state index in [0.717, 1.165) is 6.42 Å². The van der Waals surface area contributed by atoms with Crippen LogP contribution < -0.4 is 5.73 Å². The largest absolute Gasteiger partial charge is 0.336 e. The minimum Gasteiger partial charge on any atom is -0.336 e. The van der Waals surface area contributed by atoms with Crippen LogP contribution in [0, 0.1) is 0 Å². The topological polar surface area (TPSA) is 59.2 Å². The van der Waals surface area contributed by atoms with Crippen molar-refractivity contribution in [2.24, 2.45) is 5.73 Å². The maximum atomic E-state index is 11.9. The van der Waals surface area contributed by atoms with Crippen LogP contribution in [-0.4, -0.2) is 34.9 Å². The molecule has 1 aliphatic rings. The average molecular weight is 299 g/mol. The molecule has 2 heterocycles. The summed E-state index contributed by atoms with van der Waals surface area (Å²) in [5, 5.41) is 0.532. The Morgan fingerprint density at radius 2 is 2.18 bits per heavy atom. The van der Waals surface area contributed by atoms with Crippen LogP contribution in [0.5, 0.6) is 0 Å². The average Bonchev–Trinajstić information content (AvgIpc) is 2.65. The summed E-state index contributed by atoms with van der Waals surface area (Å²) in [7, 11) is 0. The van der Waals surface area contributed by atoms with Gasteiger partial charge in [-0.05, 0) is 18.6 Å². The van der Waals surface area contributed by atoms with Crippen molar-refractivity contribution in [2.45, 2.75) is 12.5 Å². The van der Waals surface area contributed by atoms with Gasteiger partial charge in [-0.15, -0.1) is 24.8 Å². The van der Waals surface area contributed by atoms with Crippen LogP contribution in [-0.2, 0) is 0 Å². The Kier molecular flexibility index (Phi) is 6.78. The fourth-order valence-electron chi connectivity index (χ4n) is 1.64. The number of hydrogen-bond acceptors (Lipinski definition) is 3. The Balaban J connectivity index is 0.00000128. The van der Waals surface area contributed by atoms with E-state index >= 15 is 0 Å². The summed E-state index contributed by atoms with van der Waals surface area (Å²) in [5.41, 5.74) is 6.15. The van der Waals surface area contributed by atoms with Gasteiger partial charge in [0.2, 0.25) is 0 Å². The van der Waals surface area contributed by atoms with E-state index in [1.165, 1.54) is 6.20 Å². The van der Waals surface area contributed by atoms with E-state index in [0.29, 0.717) is 23.8 Å². The van der Waals surface area contributed by atoms with Gasteiger partial charge in [-0.1, -0.05) is 11.6 Å². The number of nitrogens with zero attached hydrogens (tertiary/aromatic N) is 2. The molecule has 0 unspecified atom stereocenters. The standard InChI is InChI=1S/C10H12ClN3O.2ClH/c11-7-1-2-9(13-5-7)10(15)14-4-3-8(12)6-14;;/h1-2,5,8H,3-4,6,12H2;2*1H/t8-;;/m1../s1. The van der Waals surface area contributed by atoms with E-state index < -0.39 is 0 Å². The lowest BCUT2D eigenvalue weighted by atomic mass is 10.3. The highest BCUT2D eigenvalue weighted by molar-refractivity contribution is 6.30. The van der Waals surface area contributed by atoms with Crippen LogP contribution in [0.15, 0.2) is 18.3 Å². The third-order valence-electron chi connectivity index (χ3n) is 2.46. The smallest absolute Gasteiger partial charge is 0.272 e. The van der Waals surface area contributed by atoms with Crippen LogP contribution in [0.1, 0.15) is 16.9 Å². The summed E-state index contributed by atoms with van der Waals surface area (Å²) in [4.78, 5) is 17.6. The maximum Gasteiger partial charge on any atom is 0.272 e. The molecule has 1 aromatic heterocycles. The Morgan fingerprint density at radius 3 is 2.65 bits per heavy atom. The SMILES string of the molecule is Cl.Cl.N[C@@H]1CCN(C(=O)c2ccc(Cl)cn2)C1. The highest BCUT2D eigenvalue weighted by Gasteiger charge is 2.24. The lowest BCUT2D eigenvalue weighted by molar-refractivity contribution is 0.0785. The number of pyridine rings is 1. The summed E-state index contributed by atoms with van der Waals surface area (Å²) in [6.45, 7) is 1.33. The van der Waals surface area contributed by atoms with E-state index in [9.17, 15) is 4.79 Å². The molecule has 1 aromatic rings. The second-order valence-electron chi connectivity index (χ2n) is 3.66. The quantitative estimate of drug-likeness (QED) is 0.859. The Labute approximate surface area is 117 Å². The van der Waals surface area contributed by atoms with E-state index in [2.05, 4.69) is 4.98 Å². The molecule has 96 valence electrons. The van der Waals surface area contributed by atoms with Crippen molar-refractivity contribution in [3.05, 3.63) is 29.0 Å². The fraction of sp³-hybridized carbons (Fsp3) is 0.400. The number of carbonyl (C=O) groups excluding carboxylic acids is 1. The normalized spacial score (nSPS) is 18.2. The van der Waals surface area contributed by atoms with Gasteiger partial charge in [0.15, 0.2) is 0 Å². The van der Waals surface area contributed by atoms with Crippen LogP contribution in [0.4, 0.5) is 0 Å². The summed E-state index contributed by atoms with van der Waals surface area (Å²) in [5.74, 6) is -0.0698. The van der Waals surface area contributed by atoms with Crippen molar-refractivity contribution >= 4 is 42.3 Å². The molecule has 1 amide bonds. The van der Waals surface area contributed by atoms with Crippen LogP contribution in [0.3, 0.4) is 0 Å². The molecule has 2 N–H and O–H groups in total. The van der Waals surface area contributed by atoms with Crippen LogP contribution in [0.25, 0.3) is 0 Å². The molecule has 4 nitrogen and oxygen atoms in total. The van der Waals surface area contributed by atoms with Crippen molar-refractivity contribution in [1.29, 1.82) is 0 Å². The number of carbonyl (C=O) groups is 1. The number of likely N-dealkylation sites (tertiary alicyclic amines) is 1. The van der Waals surface area contributed by atoms with Crippen LogP contribution >= 0.6 is 36.4 Å². The number of rotatable bonds is 1. The van der Waals surface area contributed by atoms with Gasteiger partial charge < -0.3 is 10.6 Å². The van der Waals surface area contributed by atoms with Crippen molar-refractivity contribution in [3.8, 4) is 0 Å². The highest BCUT2D eigenvalue weighted by atomic mass is 35.5. The van der Waals surface area contributed by atoms with Gasteiger partial charge in [0.1, 0.15) is 5.69 Å². The fourth-order valence-corrected chi connectivity index (χ4v) is 1.75. The lowest BCUT2D eigenvalue weighted by Crippen LogP contribution is -2.32. The zero-order chi connectivity index (χ0) is 10.8. The zero-order valence-corrected chi connectivity index (χ0v) is 11.4. The monoisotopic (exact) mass is 297 g/mol. The van der Waals surface area contributed by atoms with Gasteiger partial charge in [-0.2, -0.15) is 0 Å². The summed E-state index contributed by atoms with van der Waals surface area (Å²) >= 11 is 5.69. The Morgan fingerprint density at radius 1 is 1.47 bits per heavy atom. The molecular weight excluding hydrogens is 284 g/mol. The molecule has 2 rings (SSSR count). The third kappa shape index (κ3) is 4.00. The van der Waals surface area contributed by atoms with Crippen LogP contribution in [0.2, 0.25) is 5.02 Å². The predicted octanol–water partition coefficient (Wildman–Crippen LogP) is 1.75. The zero-order valence-electron chi connectivity index (χ0n) is 9.01. The van der Waals surface area contributed by atoms with Crippen molar-refractivity contribution in [3.63, 3.8) is 0 Å². The molecule has 1 aliphatic heterocycles. The van der Waals surface area contributed by atoms with Crippen molar-refractivity contribution in [1.82, 2.24) is 9.88 Å². The van der Waals surface area contributed by atoms with Gasteiger partial charge in [0, 0.05) is 25.3 Å². The Bertz CT molecular complexity index is 372. The van der Waals surface area contributed by atoms with Gasteiger partial charge in [-0.3, -0.25) is 4.79 Å². The first-order valence-corrected chi connectivity index (χ1v) is 5.21. The molecule has 0 spiro atoms. The maximum absolute atomic E-state index is 11.9. The Hall–Kier alpha value is -0.550. The van der Waals surface area contributed by atoms with Gasteiger partial charge >= 0.3 is 0 Å². The molecule has 0 aromatic carbocycles. The first-order chi connectivity index (χ1) is 7.16. The molecule has 17 heavy (non-hydrogen) atoms. The molecule has 1 fully saturated rings. The van der Waals surface area contributed by atoms with Gasteiger partial charge in [0.25, 0.3) is 5.91 Å². The third-order valence-corrected chi connectivity index (χ3v) is 2.68. The minimum absolute atomic E-state index is 0. The molecule has 7 heteroatoms. The van der Waals surface area contributed by atoms with E-state index in [4.69, 9.17) is 17.3 Å². The number of hydrogen-bond donors (Lipinski definition) is 1. The van der Waals surface area contributed by atoms with Crippen molar-refractivity contribution < 1.29 is 4.79 Å². The predicted molar refractivity (Wildman–Crippen MR) is 72.2 cm³/mol. The first-order valence-electron chi connectivity index (χ1n) is 4.83. The summed E-state index contributed by atoms with van der Waals surface area (Å²) in [6, 6.07) is 3.40. The van der Waals surface area contributed by atoms with E-state index in [-0.39, 0.29) is 36.8 Å². The summed E-state index contributed by atoms with van der Waals surface area (Å²) < 4.78 is 0. The highest BCUT2D eigenvalue weighted by Crippen LogP contribution is 2.12. The number of nitrogens with two attached hydrogens (primary N) is 1. The molecule has 1 atom stereocenters. The number of amides is 1. The van der Waals surface area contributed by atoms with Gasteiger partial charge in [0.05, 0.1) is 5.02 Å². The molecule has 0 radical (unpaired) electrons. The molecule has 0 aliphatic carbocycles. The molecule has 0 saturated carbocycles. The van der Waals surface area contributed by atoms with Gasteiger partial charge in [-0.25, -0.2) is 4.98 Å². The summed E-state index contributed by atoms with van der Waals surface area (Å²) in [6.07, 6.45) is 2.34. The molecule has 1 saturated heterocycles. The lowest BCUT2D eigenvalue weighted by Gasteiger charge is -2.14.